The van der Waals surface area contributed by atoms with Crippen LogP contribution in [0.15, 0.2) is 36.4 Å². The van der Waals surface area contributed by atoms with Crippen LogP contribution in [0.3, 0.4) is 0 Å². The Hall–Kier alpha value is -2.38. The van der Waals surface area contributed by atoms with Crippen LogP contribution in [0, 0.1) is 6.92 Å². The molecule has 2 heterocycles. The third-order valence-corrected chi connectivity index (χ3v) is 4.55. The molecule has 0 aliphatic carbocycles. The smallest absolute Gasteiger partial charge is 0.272 e. The second-order valence-corrected chi connectivity index (χ2v) is 6.55. The molecule has 26 heavy (non-hydrogen) atoms. The summed E-state index contributed by atoms with van der Waals surface area (Å²) >= 11 is 12.3. The summed E-state index contributed by atoms with van der Waals surface area (Å²) in [6.07, 6.45) is -4.50. The van der Waals surface area contributed by atoms with Crippen LogP contribution in [-0.4, -0.2) is 19.6 Å². The quantitative estimate of drug-likeness (QED) is 0.421. The van der Waals surface area contributed by atoms with Gasteiger partial charge in [0, 0.05) is 10.6 Å². The van der Waals surface area contributed by atoms with E-state index in [-0.39, 0.29) is 16.4 Å². The maximum Gasteiger partial charge on any atom is 0.416 e. The zero-order valence-electron chi connectivity index (χ0n) is 13.1. The predicted molar refractivity (Wildman–Crippen MR) is 93.5 cm³/mol. The Bertz CT molecular complexity index is 1170. The van der Waals surface area contributed by atoms with Gasteiger partial charge in [-0.25, -0.2) is 4.98 Å². The Morgan fingerprint density at radius 3 is 2.50 bits per heavy atom. The monoisotopic (exact) mass is 396 g/mol. The number of benzene rings is 2. The molecular weight excluding hydrogens is 388 g/mol. The van der Waals surface area contributed by atoms with Crippen molar-refractivity contribution in [3.05, 3.63) is 57.7 Å². The maximum absolute atomic E-state index is 13.1. The van der Waals surface area contributed by atoms with Gasteiger partial charge in [-0.15, -0.1) is 10.2 Å². The molecule has 9 heteroatoms. The van der Waals surface area contributed by atoms with Crippen LogP contribution in [0.4, 0.5) is 13.2 Å². The van der Waals surface area contributed by atoms with Gasteiger partial charge in [-0.2, -0.15) is 13.2 Å². The summed E-state index contributed by atoms with van der Waals surface area (Å²) in [4.78, 5) is 4.44. The van der Waals surface area contributed by atoms with E-state index >= 15 is 0 Å². The number of halogens is 5. The van der Waals surface area contributed by atoms with E-state index in [2.05, 4.69) is 15.2 Å². The van der Waals surface area contributed by atoms with Crippen molar-refractivity contribution in [2.24, 2.45) is 0 Å². The molecule has 0 amide bonds. The first-order chi connectivity index (χ1) is 12.3. The molecular formula is C17H9Cl2F3N4. The first kappa shape index (κ1) is 17.1. The van der Waals surface area contributed by atoms with E-state index in [9.17, 15) is 13.2 Å². The Morgan fingerprint density at radius 1 is 1.00 bits per heavy atom. The van der Waals surface area contributed by atoms with Crippen LogP contribution >= 0.6 is 23.2 Å². The molecule has 4 aromatic rings. The second-order valence-electron chi connectivity index (χ2n) is 5.71. The molecule has 4 rings (SSSR count). The molecule has 0 saturated carbocycles. The van der Waals surface area contributed by atoms with Crippen molar-refractivity contribution in [2.45, 2.75) is 13.1 Å². The molecule has 0 bridgehead atoms. The molecule has 132 valence electrons. The van der Waals surface area contributed by atoms with Gasteiger partial charge in [0.2, 0.25) is 0 Å². The molecule has 0 spiro atoms. The highest BCUT2D eigenvalue weighted by molar-refractivity contribution is 6.33. The van der Waals surface area contributed by atoms with Crippen LogP contribution < -0.4 is 0 Å². The number of rotatable bonds is 1. The van der Waals surface area contributed by atoms with Crippen molar-refractivity contribution in [2.75, 3.05) is 0 Å². The number of nitrogens with zero attached hydrogens (tertiary/aromatic N) is 4. The first-order valence-corrected chi connectivity index (χ1v) is 8.19. The average Bonchev–Trinajstić information content (AvgIpc) is 3.01. The van der Waals surface area contributed by atoms with E-state index in [1.54, 1.807) is 29.5 Å². The third-order valence-electron chi connectivity index (χ3n) is 3.99. The van der Waals surface area contributed by atoms with Crippen LogP contribution in [0.1, 0.15) is 11.3 Å². The van der Waals surface area contributed by atoms with E-state index in [1.807, 2.05) is 0 Å². The summed E-state index contributed by atoms with van der Waals surface area (Å²) in [6.45, 7) is 1.75. The second kappa shape index (κ2) is 5.82. The highest BCUT2D eigenvalue weighted by atomic mass is 35.5. The molecule has 0 saturated heterocycles. The SMILES string of the molecule is Cc1nc2ccc(Cl)cc2n2c(-c3cc(C(F)(F)F)ccc3Cl)nnc12. The number of hydrogen-bond donors (Lipinski definition) is 0. The van der Waals surface area contributed by atoms with Gasteiger partial charge in [-0.1, -0.05) is 23.2 Å². The summed E-state index contributed by atoms with van der Waals surface area (Å²) in [7, 11) is 0. The topological polar surface area (TPSA) is 43.1 Å². The number of alkyl halides is 3. The van der Waals surface area contributed by atoms with E-state index < -0.39 is 11.7 Å². The fraction of sp³-hybridized carbons (Fsp3) is 0.118. The molecule has 4 nitrogen and oxygen atoms in total. The number of fused-ring (bicyclic) bond motifs is 3. The largest absolute Gasteiger partial charge is 0.416 e. The van der Waals surface area contributed by atoms with Crippen LogP contribution in [0.25, 0.3) is 28.1 Å². The van der Waals surface area contributed by atoms with Gasteiger partial charge in [-0.3, -0.25) is 4.40 Å². The minimum atomic E-state index is -4.50. The lowest BCUT2D eigenvalue weighted by atomic mass is 10.1. The number of aryl methyl sites for hydroxylation is 1. The van der Waals surface area contributed by atoms with Crippen molar-refractivity contribution in [3.63, 3.8) is 0 Å². The first-order valence-electron chi connectivity index (χ1n) is 7.44. The van der Waals surface area contributed by atoms with Crippen LogP contribution in [-0.2, 0) is 6.18 Å². The van der Waals surface area contributed by atoms with Crippen molar-refractivity contribution in [3.8, 4) is 11.4 Å². The molecule has 0 atom stereocenters. The van der Waals surface area contributed by atoms with Crippen molar-refractivity contribution in [1.29, 1.82) is 0 Å². The molecule has 0 unspecified atom stereocenters. The standard InChI is InChI=1S/C17H9Cl2F3N4/c1-8-15-24-25-16(11-6-9(17(20,21)22)2-4-12(11)19)26(15)14-7-10(18)3-5-13(14)23-8/h2-7H,1H3. The molecule has 0 radical (unpaired) electrons. The molecule has 0 fully saturated rings. The Kier molecular flexibility index (Phi) is 3.82. The number of aromatic nitrogens is 4. The summed E-state index contributed by atoms with van der Waals surface area (Å²) in [5, 5.41) is 8.74. The maximum atomic E-state index is 13.1. The van der Waals surface area contributed by atoms with Gasteiger partial charge < -0.3 is 0 Å². The van der Waals surface area contributed by atoms with E-state index in [0.29, 0.717) is 27.4 Å². The minimum Gasteiger partial charge on any atom is -0.272 e. The van der Waals surface area contributed by atoms with Gasteiger partial charge in [-0.05, 0) is 43.3 Å². The molecule has 0 aliphatic rings. The lowest BCUT2D eigenvalue weighted by molar-refractivity contribution is -0.137. The van der Waals surface area contributed by atoms with Gasteiger partial charge in [0.05, 0.1) is 27.3 Å². The lowest BCUT2D eigenvalue weighted by Crippen LogP contribution is -2.05. The van der Waals surface area contributed by atoms with Crippen LogP contribution in [0.2, 0.25) is 10.0 Å². The minimum absolute atomic E-state index is 0.126. The Morgan fingerprint density at radius 2 is 1.77 bits per heavy atom. The van der Waals surface area contributed by atoms with E-state index in [4.69, 9.17) is 23.2 Å². The summed E-state index contributed by atoms with van der Waals surface area (Å²) in [5.41, 5.74) is 1.50. The normalized spacial score (nSPS) is 12.2. The van der Waals surface area contributed by atoms with Crippen LogP contribution in [0.5, 0.6) is 0 Å². The average molecular weight is 397 g/mol. The Balaban J connectivity index is 2.11. The van der Waals surface area contributed by atoms with Gasteiger partial charge in [0.1, 0.15) is 0 Å². The zero-order chi connectivity index (χ0) is 18.6. The molecule has 0 N–H and O–H groups in total. The number of hydrogen-bond acceptors (Lipinski definition) is 3. The van der Waals surface area contributed by atoms with Crippen molar-refractivity contribution in [1.82, 2.24) is 19.6 Å². The van der Waals surface area contributed by atoms with Gasteiger partial charge in [0.25, 0.3) is 0 Å². The van der Waals surface area contributed by atoms with Gasteiger partial charge >= 0.3 is 6.18 Å². The fourth-order valence-corrected chi connectivity index (χ4v) is 3.16. The highest BCUT2D eigenvalue weighted by Gasteiger charge is 2.31. The van der Waals surface area contributed by atoms with Gasteiger partial charge in [0.15, 0.2) is 11.5 Å². The fourth-order valence-electron chi connectivity index (χ4n) is 2.80. The molecule has 0 aliphatic heterocycles. The highest BCUT2D eigenvalue weighted by Crippen LogP contribution is 2.36. The molecule has 2 aromatic carbocycles. The van der Waals surface area contributed by atoms with Crippen molar-refractivity contribution >= 4 is 39.9 Å². The van der Waals surface area contributed by atoms with E-state index in [1.165, 1.54) is 6.07 Å². The summed E-state index contributed by atoms with van der Waals surface area (Å²) < 4.78 is 41.0. The van der Waals surface area contributed by atoms with E-state index in [0.717, 1.165) is 12.1 Å². The lowest BCUT2D eigenvalue weighted by Gasteiger charge is -2.11. The summed E-state index contributed by atoms with van der Waals surface area (Å²) in [5.74, 6) is 0.189. The van der Waals surface area contributed by atoms with Crippen molar-refractivity contribution < 1.29 is 13.2 Å². The zero-order valence-corrected chi connectivity index (χ0v) is 14.7. The third kappa shape index (κ3) is 2.68. The predicted octanol–water partition coefficient (Wildman–Crippen LogP) is 5.58. The Labute approximate surface area is 155 Å². The summed E-state index contributed by atoms with van der Waals surface area (Å²) in [6, 6.07) is 8.15. The molecule has 2 aromatic heterocycles.